The van der Waals surface area contributed by atoms with Crippen LogP contribution in [0.15, 0.2) is 24.3 Å². The predicted octanol–water partition coefficient (Wildman–Crippen LogP) is 4.03. The van der Waals surface area contributed by atoms with E-state index < -0.39 is 12.0 Å². The molecule has 0 aliphatic carbocycles. The molecule has 1 aliphatic rings. The fourth-order valence-corrected chi connectivity index (χ4v) is 3.24. The van der Waals surface area contributed by atoms with E-state index in [0.717, 1.165) is 31.5 Å². The lowest BCUT2D eigenvalue weighted by atomic mass is 9.92. The Balaban J connectivity index is 1.90. The molecule has 116 valence electrons. The smallest absolute Gasteiger partial charge is 0.325 e. The summed E-state index contributed by atoms with van der Waals surface area (Å²) in [5.41, 5.74) is 2.19. The summed E-state index contributed by atoms with van der Waals surface area (Å²) in [6.45, 7) is 3.99. The summed E-state index contributed by atoms with van der Waals surface area (Å²) >= 11 is 0. The van der Waals surface area contributed by atoms with Gasteiger partial charge in [-0.3, -0.25) is 9.69 Å². The molecule has 1 aromatic carbocycles. The number of fused-ring (bicyclic) bond motifs is 1. The maximum Gasteiger partial charge on any atom is 0.325 e. The van der Waals surface area contributed by atoms with E-state index in [1.54, 1.807) is 0 Å². The van der Waals surface area contributed by atoms with Gasteiger partial charge in [-0.05, 0) is 30.5 Å². The molecule has 0 aromatic heterocycles. The van der Waals surface area contributed by atoms with Crippen LogP contribution in [0.4, 0.5) is 0 Å². The zero-order valence-electron chi connectivity index (χ0n) is 13.1. The average molecular weight is 289 g/mol. The molecular weight excluding hydrogens is 262 g/mol. The highest BCUT2D eigenvalue weighted by Crippen LogP contribution is 2.30. The summed E-state index contributed by atoms with van der Waals surface area (Å²) < 4.78 is 0. The van der Waals surface area contributed by atoms with Crippen molar-refractivity contribution in [2.75, 3.05) is 13.1 Å². The molecule has 1 heterocycles. The van der Waals surface area contributed by atoms with E-state index in [1.165, 1.54) is 37.7 Å². The lowest BCUT2D eigenvalue weighted by molar-refractivity contribution is -0.144. The van der Waals surface area contributed by atoms with Gasteiger partial charge in [0, 0.05) is 6.54 Å². The second-order valence-electron chi connectivity index (χ2n) is 5.99. The van der Waals surface area contributed by atoms with E-state index in [4.69, 9.17) is 0 Å². The molecule has 0 fully saturated rings. The highest BCUT2D eigenvalue weighted by molar-refractivity contribution is 5.76. The number of carbonyl (C=O) groups is 1. The largest absolute Gasteiger partial charge is 0.480 e. The van der Waals surface area contributed by atoms with Crippen molar-refractivity contribution < 1.29 is 9.90 Å². The van der Waals surface area contributed by atoms with Crippen LogP contribution in [0.2, 0.25) is 0 Å². The summed E-state index contributed by atoms with van der Waals surface area (Å²) in [5, 5.41) is 9.59. The van der Waals surface area contributed by atoms with E-state index in [-0.39, 0.29) is 0 Å². The van der Waals surface area contributed by atoms with Crippen LogP contribution in [0.3, 0.4) is 0 Å². The third-order valence-corrected chi connectivity index (χ3v) is 4.42. The molecule has 1 N–H and O–H groups in total. The summed E-state index contributed by atoms with van der Waals surface area (Å²) in [6, 6.07) is 7.53. The van der Waals surface area contributed by atoms with Crippen LogP contribution in [0.5, 0.6) is 0 Å². The van der Waals surface area contributed by atoms with Gasteiger partial charge in [0.1, 0.15) is 6.04 Å². The molecule has 0 amide bonds. The van der Waals surface area contributed by atoms with Crippen molar-refractivity contribution >= 4 is 5.97 Å². The predicted molar refractivity (Wildman–Crippen MR) is 85.5 cm³/mol. The third-order valence-electron chi connectivity index (χ3n) is 4.42. The Morgan fingerprint density at radius 3 is 2.67 bits per heavy atom. The van der Waals surface area contributed by atoms with Crippen molar-refractivity contribution in [3.05, 3.63) is 35.4 Å². The molecule has 0 spiro atoms. The van der Waals surface area contributed by atoms with Gasteiger partial charge in [0.15, 0.2) is 0 Å². The van der Waals surface area contributed by atoms with E-state index in [9.17, 15) is 9.90 Å². The minimum atomic E-state index is -0.715. The quantitative estimate of drug-likeness (QED) is 0.734. The van der Waals surface area contributed by atoms with Gasteiger partial charge in [0.25, 0.3) is 0 Å². The van der Waals surface area contributed by atoms with Gasteiger partial charge in [-0.1, -0.05) is 63.3 Å². The van der Waals surface area contributed by atoms with Gasteiger partial charge in [-0.2, -0.15) is 0 Å². The fraction of sp³-hybridized carbons (Fsp3) is 0.611. The van der Waals surface area contributed by atoms with Gasteiger partial charge in [-0.15, -0.1) is 0 Å². The maximum atomic E-state index is 11.7. The molecule has 0 bridgehead atoms. The highest BCUT2D eigenvalue weighted by Gasteiger charge is 2.31. The zero-order valence-corrected chi connectivity index (χ0v) is 13.1. The number of unbranched alkanes of at least 4 members (excludes halogenated alkanes) is 5. The second kappa shape index (κ2) is 8.18. The number of nitrogens with zero attached hydrogens (tertiary/aromatic N) is 1. The van der Waals surface area contributed by atoms with Crippen molar-refractivity contribution in [3.63, 3.8) is 0 Å². The fourth-order valence-electron chi connectivity index (χ4n) is 3.24. The SMILES string of the molecule is CCCCCCCCN1CCc2ccccc2C1C(=O)O. The summed E-state index contributed by atoms with van der Waals surface area (Å²) in [6.07, 6.45) is 8.45. The number of aliphatic carboxylic acids is 1. The van der Waals surface area contributed by atoms with Crippen molar-refractivity contribution in [1.82, 2.24) is 4.90 Å². The lowest BCUT2D eigenvalue weighted by Crippen LogP contribution is -2.40. The summed E-state index contributed by atoms with van der Waals surface area (Å²) in [5.74, 6) is -0.715. The maximum absolute atomic E-state index is 11.7. The number of hydrogen-bond acceptors (Lipinski definition) is 2. The standard InChI is InChI=1S/C18H27NO2/c1-2-3-4-5-6-9-13-19-14-12-15-10-7-8-11-16(15)17(19)18(20)21/h7-8,10-11,17H,2-6,9,12-14H2,1H3,(H,20,21). The van der Waals surface area contributed by atoms with Crippen LogP contribution in [0.1, 0.15) is 62.6 Å². The Labute approximate surface area is 128 Å². The average Bonchev–Trinajstić information content (AvgIpc) is 2.50. The van der Waals surface area contributed by atoms with Crippen LogP contribution in [-0.2, 0) is 11.2 Å². The van der Waals surface area contributed by atoms with Crippen LogP contribution in [0, 0.1) is 0 Å². The summed E-state index contributed by atoms with van der Waals surface area (Å²) in [4.78, 5) is 13.8. The first-order valence-corrected chi connectivity index (χ1v) is 8.28. The highest BCUT2D eigenvalue weighted by atomic mass is 16.4. The minimum Gasteiger partial charge on any atom is -0.480 e. The lowest BCUT2D eigenvalue weighted by Gasteiger charge is -2.34. The van der Waals surface area contributed by atoms with Crippen LogP contribution >= 0.6 is 0 Å². The number of benzene rings is 1. The van der Waals surface area contributed by atoms with E-state index in [2.05, 4.69) is 17.9 Å². The molecule has 0 saturated carbocycles. The molecule has 1 aromatic rings. The monoisotopic (exact) mass is 289 g/mol. The van der Waals surface area contributed by atoms with Crippen molar-refractivity contribution in [1.29, 1.82) is 0 Å². The van der Waals surface area contributed by atoms with Crippen molar-refractivity contribution in [3.8, 4) is 0 Å². The Morgan fingerprint density at radius 2 is 1.90 bits per heavy atom. The Morgan fingerprint density at radius 1 is 1.19 bits per heavy atom. The number of carboxylic acid groups (broad SMARTS) is 1. The van der Waals surface area contributed by atoms with Gasteiger partial charge < -0.3 is 5.11 Å². The molecule has 0 radical (unpaired) electrons. The first kappa shape index (κ1) is 16.0. The van der Waals surface area contributed by atoms with Gasteiger partial charge >= 0.3 is 5.97 Å². The number of rotatable bonds is 8. The minimum absolute atomic E-state index is 0.453. The molecule has 3 nitrogen and oxygen atoms in total. The van der Waals surface area contributed by atoms with E-state index in [1.807, 2.05) is 18.2 Å². The number of carboxylic acids is 1. The topological polar surface area (TPSA) is 40.5 Å². The molecular formula is C18H27NO2. The third kappa shape index (κ3) is 4.31. The first-order chi connectivity index (χ1) is 10.2. The van der Waals surface area contributed by atoms with Crippen molar-refractivity contribution in [2.45, 2.75) is 57.9 Å². The van der Waals surface area contributed by atoms with Crippen LogP contribution < -0.4 is 0 Å². The van der Waals surface area contributed by atoms with Gasteiger partial charge in [0.2, 0.25) is 0 Å². The van der Waals surface area contributed by atoms with Crippen LogP contribution in [0.25, 0.3) is 0 Å². The molecule has 1 aliphatic heterocycles. The zero-order chi connectivity index (χ0) is 15.1. The Hall–Kier alpha value is -1.35. The summed E-state index contributed by atoms with van der Waals surface area (Å²) in [7, 11) is 0. The van der Waals surface area contributed by atoms with Crippen molar-refractivity contribution in [2.24, 2.45) is 0 Å². The van der Waals surface area contributed by atoms with E-state index >= 15 is 0 Å². The Kier molecular flexibility index (Phi) is 6.24. The Bertz CT molecular complexity index is 458. The second-order valence-corrected chi connectivity index (χ2v) is 5.99. The van der Waals surface area contributed by atoms with E-state index in [0.29, 0.717) is 0 Å². The first-order valence-electron chi connectivity index (χ1n) is 8.28. The molecule has 3 heteroatoms. The normalized spacial score (nSPS) is 18.4. The van der Waals surface area contributed by atoms with Gasteiger partial charge in [0.05, 0.1) is 0 Å². The molecule has 2 rings (SSSR count). The molecule has 21 heavy (non-hydrogen) atoms. The van der Waals surface area contributed by atoms with Gasteiger partial charge in [-0.25, -0.2) is 0 Å². The number of hydrogen-bond donors (Lipinski definition) is 1. The van der Waals surface area contributed by atoms with Crippen LogP contribution in [-0.4, -0.2) is 29.1 Å². The molecule has 1 unspecified atom stereocenters. The molecule has 1 atom stereocenters. The molecule has 0 saturated heterocycles.